The third-order valence-corrected chi connectivity index (χ3v) is 5.60. The summed E-state index contributed by atoms with van der Waals surface area (Å²) >= 11 is 5.34. The van der Waals surface area contributed by atoms with Crippen LogP contribution in [0.25, 0.3) is 0 Å². The summed E-state index contributed by atoms with van der Waals surface area (Å²) in [6.07, 6.45) is 5.12. The predicted molar refractivity (Wildman–Crippen MR) is 87.1 cm³/mol. The summed E-state index contributed by atoms with van der Waals surface area (Å²) < 4.78 is 1.20. The molecule has 0 radical (unpaired) electrons. The molecule has 19 heavy (non-hydrogen) atoms. The summed E-state index contributed by atoms with van der Waals surface area (Å²) in [6, 6.07) is 11.4. The maximum Gasteiger partial charge on any atom is 0.0702 e. The average molecular weight is 336 g/mol. The standard InChI is InChI=1S/C16H18BrNS/c1-11(15-9-10-16(17)19-15)18-14-8-4-6-12-5-2-3-7-13(12)14/h4,6,8-11,18H,2-3,5,7H2,1H3. The van der Waals surface area contributed by atoms with Crippen molar-refractivity contribution in [2.45, 2.75) is 38.6 Å². The van der Waals surface area contributed by atoms with Crippen molar-refractivity contribution >= 4 is 33.0 Å². The van der Waals surface area contributed by atoms with E-state index in [9.17, 15) is 0 Å². The van der Waals surface area contributed by atoms with E-state index in [1.54, 1.807) is 11.3 Å². The molecule has 0 amide bonds. The van der Waals surface area contributed by atoms with Gasteiger partial charge in [-0.2, -0.15) is 0 Å². The van der Waals surface area contributed by atoms with Crippen LogP contribution in [0, 0.1) is 0 Å². The number of anilines is 1. The Balaban J connectivity index is 1.83. The first-order valence-corrected chi connectivity index (χ1v) is 8.47. The summed E-state index contributed by atoms with van der Waals surface area (Å²) in [7, 11) is 0. The lowest BCUT2D eigenvalue weighted by Gasteiger charge is -2.22. The molecule has 1 atom stereocenters. The van der Waals surface area contributed by atoms with Crippen LogP contribution in [0.1, 0.15) is 41.8 Å². The minimum absolute atomic E-state index is 0.365. The average Bonchev–Trinajstić information content (AvgIpc) is 2.86. The van der Waals surface area contributed by atoms with Gasteiger partial charge in [0.15, 0.2) is 0 Å². The van der Waals surface area contributed by atoms with E-state index in [1.165, 1.54) is 51.2 Å². The fourth-order valence-electron chi connectivity index (χ4n) is 2.78. The van der Waals surface area contributed by atoms with Crippen LogP contribution in [0.2, 0.25) is 0 Å². The highest BCUT2D eigenvalue weighted by molar-refractivity contribution is 9.11. The Morgan fingerprint density at radius 2 is 2.00 bits per heavy atom. The van der Waals surface area contributed by atoms with Crippen LogP contribution in [-0.4, -0.2) is 0 Å². The van der Waals surface area contributed by atoms with Gasteiger partial charge in [0.05, 0.1) is 9.83 Å². The van der Waals surface area contributed by atoms with Crippen LogP contribution in [0.15, 0.2) is 34.1 Å². The van der Waals surface area contributed by atoms with Crippen molar-refractivity contribution < 1.29 is 0 Å². The molecule has 0 saturated heterocycles. The number of thiophene rings is 1. The van der Waals surface area contributed by atoms with Crippen LogP contribution in [-0.2, 0) is 12.8 Å². The zero-order valence-electron chi connectivity index (χ0n) is 11.1. The topological polar surface area (TPSA) is 12.0 Å². The van der Waals surface area contributed by atoms with Gasteiger partial charge in [-0.25, -0.2) is 0 Å². The number of halogens is 1. The molecule has 0 fully saturated rings. The van der Waals surface area contributed by atoms with Crippen molar-refractivity contribution in [1.29, 1.82) is 0 Å². The Labute approximate surface area is 127 Å². The van der Waals surface area contributed by atoms with Gasteiger partial charge in [-0.1, -0.05) is 12.1 Å². The molecule has 0 aliphatic heterocycles. The highest BCUT2D eigenvalue weighted by Gasteiger charge is 2.15. The molecule has 0 spiro atoms. The van der Waals surface area contributed by atoms with Crippen LogP contribution in [0.3, 0.4) is 0 Å². The Kier molecular flexibility index (Phi) is 3.94. The fourth-order valence-corrected chi connectivity index (χ4v) is 4.21. The number of hydrogen-bond acceptors (Lipinski definition) is 2. The number of rotatable bonds is 3. The SMILES string of the molecule is CC(Nc1cccc2c1CCCC2)c1ccc(Br)s1. The van der Waals surface area contributed by atoms with Crippen molar-refractivity contribution in [3.63, 3.8) is 0 Å². The maximum atomic E-state index is 3.69. The molecule has 1 aliphatic carbocycles. The first-order valence-electron chi connectivity index (χ1n) is 6.86. The molecule has 1 heterocycles. The Hall–Kier alpha value is -0.800. The molecule has 0 bridgehead atoms. The third kappa shape index (κ3) is 2.87. The van der Waals surface area contributed by atoms with Crippen molar-refractivity contribution in [1.82, 2.24) is 0 Å². The molecule has 100 valence electrons. The number of hydrogen-bond donors (Lipinski definition) is 1. The number of aryl methyl sites for hydroxylation is 1. The number of fused-ring (bicyclic) bond motifs is 1. The van der Waals surface area contributed by atoms with Crippen LogP contribution in [0.4, 0.5) is 5.69 Å². The summed E-state index contributed by atoms with van der Waals surface area (Å²) in [6.45, 7) is 2.24. The maximum absolute atomic E-state index is 3.69. The van der Waals surface area contributed by atoms with E-state index in [4.69, 9.17) is 0 Å². The third-order valence-electron chi connectivity index (χ3n) is 3.79. The summed E-state index contributed by atoms with van der Waals surface area (Å²) in [5.41, 5.74) is 4.40. The van der Waals surface area contributed by atoms with Gasteiger partial charge in [0.1, 0.15) is 0 Å². The van der Waals surface area contributed by atoms with E-state index in [0.29, 0.717) is 6.04 Å². The largest absolute Gasteiger partial charge is 0.377 e. The molecular formula is C16H18BrNS. The van der Waals surface area contributed by atoms with E-state index in [0.717, 1.165) is 0 Å². The normalized spacial score (nSPS) is 15.9. The molecule has 1 N–H and O–H groups in total. The van der Waals surface area contributed by atoms with Crippen molar-refractivity contribution in [2.24, 2.45) is 0 Å². The van der Waals surface area contributed by atoms with Crippen LogP contribution < -0.4 is 5.32 Å². The first kappa shape index (κ1) is 13.2. The zero-order valence-corrected chi connectivity index (χ0v) is 13.5. The molecule has 2 aromatic rings. The molecule has 1 aromatic heterocycles. The molecule has 1 unspecified atom stereocenters. The van der Waals surface area contributed by atoms with Gasteiger partial charge >= 0.3 is 0 Å². The van der Waals surface area contributed by atoms with Crippen LogP contribution >= 0.6 is 27.3 Å². The second-order valence-corrected chi connectivity index (χ2v) is 7.65. The van der Waals surface area contributed by atoms with E-state index >= 15 is 0 Å². The lowest BCUT2D eigenvalue weighted by atomic mass is 9.90. The van der Waals surface area contributed by atoms with E-state index in [-0.39, 0.29) is 0 Å². The predicted octanol–water partition coefficient (Wildman–Crippen LogP) is 5.56. The lowest BCUT2D eigenvalue weighted by molar-refractivity contribution is 0.685. The van der Waals surface area contributed by atoms with Crippen molar-refractivity contribution in [2.75, 3.05) is 5.32 Å². The number of benzene rings is 1. The first-order chi connectivity index (χ1) is 9.24. The lowest BCUT2D eigenvalue weighted by Crippen LogP contribution is -2.11. The molecule has 1 nitrogen and oxygen atoms in total. The Morgan fingerprint density at radius 3 is 2.79 bits per heavy atom. The van der Waals surface area contributed by atoms with Gasteiger partial charge in [0.2, 0.25) is 0 Å². The van der Waals surface area contributed by atoms with Gasteiger partial charge in [-0.15, -0.1) is 11.3 Å². The smallest absolute Gasteiger partial charge is 0.0702 e. The molecule has 3 rings (SSSR count). The molecule has 1 aromatic carbocycles. The van der Waals surface area contributed by atoms with E-state index in [1.807, 2.05) is 0 Å². The molecule has 3 heteroatoms. The van der Waals surface area contributed by atoms with E-state index in [2.05, 4.69) is 58.5 Å². The molecule has 0 saturated carbocycles. The number of nitrogens with one attached hydrogen (secondary N) is 1. The molecular weight excluding hydrogens is 318 g/mol. The summed E-state index contributed by atoms with van der Waals surface area (Å²) in [5, 5.41) is 3.69. The summed E-state index contributed by atoms with van der Waals surface area (Å²) in [5.74, 6) is 0. The van der Waals surface area contributed by atoms with Gasteiger partial charge < -0.3 is 5.32 Å². The zero-order chi connectivity index (χ0) is 13.2. The fraction of sp³-hybridized carbons (Fsp3) is 0.375. The second-order valence-electron chi connectivity index (χ2n) is 5.16. The highest BCUT2D eigenvalue weighted by Crippen LogP contribution is 2.33. The highest BCUT2D eigenvalue weighted by atomic mass is 79.9. The van der Waals surface area contributed by atoms with Gasteiger partial charge in [0.25, 0.3) is 0 Å². The van der Waals surface area contributed by atoms with Crippen molar-refractivity contribution in [3.8, 4) is 0 Å². The molecule has 1 aliphatic rings. The minimum Gasteiger partial charge on any atom is -0.377 e. The monoisotopic (exact) mass is 335 g/mol. The summed E-state index contributed by atoms with van der Waals surface area (Å²) in [4.78, 5) is 1.38. The van der Waals surface area contributed by atoms with Crippen LogP contribution in [0.5, 0.6) is 0 Å². The quantitative estimate of drug-likeness (QED) is 0.773. The van der Waals surface area contributed by atoms with Crippen molar-refractivity contribution in [3.05, 3.63) is 50.1 Å². The van der Waals surface area contributed by atoms with Gasteiger partial charge in [-0.05, 0) is 77.9 Å². The Bertz CT molecular complexity index is 576. The van der Waals surface area contributed by atoms with E-state index < -0.39 is 0 Å². The second kappa shape index (κ2) is 5.68. The minimum atomic E-state index is 0.365. The van der Waals surface area contributed by atoms with Gasteiger partial charge in [0, 0.05) is 10.6 Å². The van der Waals surface area contributed by atoms with Gasteiger partial charge in [-0.3, -0.25) is 0 Å². The Morgan fingerprint density at radius 1 is 1.16 bits per heavy atom.